The van der Waals surface area contributed by atoms with Gasteiger partial charge >= 0.3 is 0 Å². The van der Waals surface area contributed by atoms with Crippen LogP contribution in [0.25, 0.3) is 0 Å². The lowest BCUT2D eigenvalue weighted by molar-refractivity contribution is 0.195. The Morgan fingerprint density at radius 2 is 2.25 bits per heavy atom. The van der Waals surface area contributed by atoms with Crippen molar-refractivity contribution in [2.24, 2.45) is 11.7 Å². The van der Waals surface area contributed by atoms with E-state index in [2.05, 4.69) is 37.8 Å². The molecule has 0 radical (unpaired) electrons. The normalized spacial score (nSPS) is 28.5. The Balaban J connectivity index is 2.16. The first-order valence-electron chi connectivity index (χ1n) is 6.14. The van der Waals surface area contributed by atoms with E-state index in [0.717, 1.165) is 12.5 Å². The SMILES string of the molecule is Cc1ccc(C(CN)N2CC(C)CC2C)s1. The molecule has 0 bridgehead atoms. The maximum absolute atomic E-state index is 5.97. The Morgan fingerprint density at radius 3 is 2.69 bits per heavy atom. The fourth-order valence-electron chi connectivity index (χ4n) is 2.81. The minimum absolute atomic E-state index is 0.429. The van der Waals surface area contributed by atoms with Crippen molar-refractivity contribution in [3.8, 4) is 0 Å². The van der Waals surface area contributed by atoms with E-state index in [-0.39, 0.29) is 0 Å². The molecular weight excluding hydrogens is 216 g/mol. The van der Waals surface area contributed by atoms with Crippen LogP contribution in [0.2, 0.25) is 0 Å². The number of hydrogen-bond acceptors (Lipinski definition) is 3. The summed E-state index contributed by atoms with van der Waals surface area (Å²) in [4.78, 5) is 5.39. The molecule has 1 fully saturated rings. The van der Waals surface area contributed by atoms with E-state index >= 15 is 0 Å². The summed E-state index contributed by atoms with van der Waals surface area (Å²) >= 11 is 1.89. The van der Waals surface area contributed by atoms with Crippen LogP contribution >= 0.6 is 11.3 Å². The number of nitrogens with two attached hydrogens (primary N) is 1. The smallest absolute Gasteiger partial charge is 0.0566 e. The minimum Gasteiger partial charge on any atom is -0.329 e. The number of aryl methyl sites for hydroxylation is 1. The highest BCUT2D eigenvalue weighted by Crippen LogP contribution is 2.34. The standard InChI is InChI=1S/C13H22N2S/c1-9-6-10(2)15(8-9)12(7-14)13-5-4-11(3)16-13/h4-5,9-10,12H,6-8,14H2,1-3H3. The molecule has 2 heterocycles. The van der Waals surface area contributed by atoms with Gasteiger partial charge in [-0.05, 0) is 38.3 Å². The van der Waals surface area contributed by atoms with Crippen LogP contribution in [0, 0.1) is 12.8 Å². The van der Waals surface area contributed by atoms with Crippen LogP contribution in [0.1, 0.15) is 36.1 Å². The van der Waals surface area contributed by atoms with Crippen LogP contribution in [-0.2, 0) is 0 Å². The molecule has 1 aromatic rings. The largest absolute Gasteiger partial charge is 0.329 e. The van der Waals surface area contributed by atoms with Gasteiger partial charge in [-0.15, -0.1) is 11.3 Å². The van der Waals surface area contributed by atoms with Crippen LogP contribution in [0.4, 0.5) is 0 Å². The summed E-state index contributed by atoms with van der Waals surface area (Å²) in [5, 5.41) is 0. The molecule has 2 rings (SSSR count). The fraction of sp³-hybridized carbons (Fsp3) is 0.692. The Morgan fingerprint density at radius 1 is 1.50 bits per heavy atom. The predicted octanol–water partition coefficient (Wildman–Crippen LogP) is 2.79. The first kappa shape index (κ1) is 12.1. The second kappa shape index (κ2) is 4.86. The van der Waals surface area contributed by atoms with Crippen LogP contribution in [0.3, 0.4) is 0 Å². The average molecular weight is 238 g/mol. The van der Waals surface area contributed by atoms with Gasteiger partial charge in [-0.25, -0.2) is 0 Å². The first-order valence-corrected chi connectivity index (χ1v) is 6.95. The Hall–Kier alpha value is -0.380. The van der Waals surface area contributed by atoms with Gasteiger partial charge in [0.05, 0.1) is 6.04 Å². The molecule has 0 aromatic carbocycles. The maximum atomic E-state index is 5.97. The third-order valence-electron chi connectivity index (χ3n) is 3.55. The summed E-state index contributed by atoms with van der Waals surface area (Å²) < 4.78 is 0. The number of thiophene rings is 1. The number of likely N-dealkylation sites (tertiary alicyclic amines) is 1. The first-order chi connectivity index (χ1) is 7.61. The maximum Gasteiger partial charge on any atom is 0.0566 e. The van der Waals surface area contributed by atoms with E-state index in [4.69, 9.17) is 5.73 Å². The van der Waals surface area contributed by atoms with Gasteiger partial charge in [0.15, 0.2) is 0 Å². The summed E-state index contributed by atoms with van der Waals surface area (Å²) in [6, 6.07) is 5.55. The van der Waals surface area contributed by atoms with Crippen molar-refractivity contribution in [3.05, 3.63) is 21.9 Å². The predicted molar refractivity (Wildman–Crippen MR) is 70.8 cm³/mol. The molecule has 0 amide bonds. The van der Waals surface area contributed by atoms with Crippen molar-refractivity contribution < 1.29 is 0 Å². The molecule has 0 aliphatic carbocycles. The molecule has 3 unspecified atom stereocenters. The third kappa shape index (κ3) is 2.31. The molecule has 0 spiro atoms. The lowest BCUT2D eigenvalue weighted by Gasteiger charge is -2.29. The zero-order chi connectivity index (χ0) is 11.7. The monoisotopic (exact) mass is 238 g/mol. The minimum atomic E-state index is 0.429. The van der Waals surface area contributed by atoms with Crippen molar-refractivity contribution in [1.82, 2.24) is 4.90 Å². The van der Waals surface area contributed by atoms with Gasteiger partial charge in [-0.1, -0.05) is 6.92 Å². The average Bonchev–Trinajstić information content (AvgIpc) is 2.76. The second-order valence-corrected chi connectivity index (χ2v) is 6.41. The van der Waals surface area contributed by atoms with E-state index in [1.54, 1.807) is 0 Å². The van der Waals surface area contributed by atoms with Crippen LogP contribution in [0.15, 0.2) is 12.1 Å². The molecule has 1 saturated heterocycles. The van der Waals surface area contributed by atoms with Gasteiger partial charge < -0.3 is 5.73 Å². The molecule has 90 valence electrons. The molecule has 16 heavy (non-hydrogen) atoms. The molecule has 3 atom stereocenters. The number of rotatable bonds is 3. The van der Waals surface area contributed by atoms with Gasteiger partial charge in [-0.2, -0.15) is 0 Å². The zero-order valence-corrected chi connectivity index (χ0v) is 11.3. The van der Waals surface area contributed by atoms with Crippen LogP contribution < -0.4 is 5.73 Å². The number of nitrogens with zero attached hydrogens (tertiary/aromatic N) is 1. The summed E-state index contributed by atoms with van der Waals surface area (Å²) in [7, 11) is 0. The molecule has 2 N–H and O–H groups in total. The van der Waals surface area contributed by atoms with Gasteiger partial charge in [0.25, 0.3) is 0 Å². The zero-order valence-electron chi connectivity index (χ0n) is 10.4. The van der Waals surface area contributed by atoms with Crippen LogP contribution in [0.5, 0.6) is 0 Å². The number of hydrogen-bond donors (Lipinski definition) is 1. The molecule has 1 aromatic heterocycles. The van der Waals surface area contributed by atoms with Crippen molar-refractivity contribution in [3.63, 3.8) is 0 Å². The van der Waals surface area contributed by atoms with Crippen molar-refractivity contribution in [2.45, 2.75) is 39.3 Å². The van der Waals surface area contributed by atoms with E-state index in [1.807, 2.05) is 11.3 Å². The fourth-order valence-corrected chi connectivity index (χ4v) is 3.83. The quantitative estimate of drug-likeness (QED) is 0.877. The summed E-state index contributed by atoms with van der Waals surface area (Å²) in [5.74, 6) is 0.810. The molecule has 1 aliphatic heterocycles. The highest BCUT2D eigenvalue weighted by molar-refractivity contribution is 7.12. The Kier molecular flexibility index (Phi) is 3.67. The molecule has 3 heteroatoms. The van der Waals surface area contributed by atoms with Crippen LogP contribution in [-0.4, -0.2) is 24.0 Å². The Labute approximate surface area is 102 Å². The van der Waals surface area contributed by atoms with Crippen molar-refractivity contribution in [1.29, 1.82) is 0 Å². The van der Waals surface area contributed by atoms with E-state index in [0.29, 0.717) is 12.1 Å². The van der Waals surface area contributed by atoms with E-state index in [9.17, 15) is 0 Å². The second-order valence-electron chi connectivity index (χ2n) is 5.09. The van der Waals surface area contributed by atoms with E-state index in [1.165, 1.54) is 22.7 Å². The molecule has 0 saturated carbocycles. The highest BCUT2D eigenvalue weighted by Gasteiger charge is 2.32. The summed E-state index contributed by atoms with van der Waals surface area (Å²) in [6.45, 7) is 8.76. The lowest BCUT2D eigenvalue weighted by Crippen LogP contribution is -2.35. The van der Waals surface area contributed by atoms with E-state index < -0.39 is 0 Å². The molecule has 2 nitrogen and oxygen atoms in total. The summed E-state index contributed by atoms with van der Waals surface area (Å²) in [6.07, 6.45) is 1.31. The molecule has 1 aliphatic rings. The van der Waals surface area contributed by atoms with Crippen molar-refractivity contribution >= 4 is 11.3 Å². The molecular formula is C13H22N2S. The summed E-state index contributed by atoms with van der Waals surface area (Å²) in [5.41, 5.74) is 5.97. The highest BCUT2D eigenvalue weighted by atomic mass is 32.1. The van der Waals surface area contributed by atoms with Gasteiger partial charge in [0, 0.05) is 28.9 Å². The lowest BCUT2D eigenvalue weighted by atomic mass is 10.1. The third-order valence-corrected chi connectivity index (χ3v) is 4.65. The van der Waals surface area contributed by atoms with Gasteiger partial charge in [0.1, 0.15) is 0 Å². The topological polar surface area (TPSA) is 29.3 Å². The van der Waals surface area contributed by atoms with Gasteiger partial charge in [-0.3, -0.25) is 4.90 Å². The Bertz CT molecular complexity index is 347. The van der Waals surface area contributed by atoms with Gasteiger partial charge in [0.2, 0.25) is 0 Å². The van der Waals surface area contributed by atoms with Crippen molar-refractivity contribution in [2.75, 3.05) is 13.1 Å².